The first-order valence-electron chi connectivity index (χ1n) is 7.71. The quantitative estimate of drug-likeness (QED) is 0.887. The van der Waals surface area contributed by atoms with E-state index in [4.69, 9.17) is 0 Å². The van der Waals surface area contributed by atoms with Crippen LogP contribution in [0.1, 0.15) is 41.6 Å². The molecule has 1 aliphatic carbocycles. The Morgan fingerprint density at radius 3 is 2.68 bits per heavy atom. The topological polar surface area (TPSA) is 67.2 Å². The Morgan fingerprint density at radius 2 is 2.00 bits per heavy atom. The molecule has 0 bridgehead atoms. The maximum Gasteiger partial charge on any atom is 0.254 e. The number of carbonyl (C=O) groups excluding carboxylic acids is 1. The molecular weight excluding hydrogens is 278 g/mol. The van der Waals surface area contributed by atoms with Gasteiger partial charge in [-0.05, 0) is 18.4 Å². The zero-order chi connectivity index (χ0) is 15.4. The van der Waals surface area contributed by atoms with E-state index in [1.54, 1.807) is 17.1 Å². The summed E-state index contributed by atoms with van der Waals surface area (Å²) >= 11 is 0. The van der Waals surface area contributed by atoms with Crippen LogP contribution in [0.25, 0.3) is 0 Å². The van der Waals surface area contributed by atoms with E-state index < -0.39 is 5.54 Å². The number of benzene rings is 1. The summed E-state index contributed by atoms with van der Waals surface area (Å²) in [5.41, 5.74) is 1.23. The number of carbonyl (C=O) groups is 1. The van der Waals surface area contributed by atoms with Crippen LogP contribution in [0.3, 0.4) is 0 Å². The second kappa shape index (κ2) is 6.32. The van der Waals surface area contributed by atoms with Gasteiger partial charge in [0.25, 0.3) is 5.91 Å². The first-order chi connectivity index (χ1) is 10.7. The molecule has 2 aromatic rings. The maximum atomic E-state index is 12.4. The molecule has 2 N–H and O–H groups in total. The van der Waals surface area contributed by atoms with E-state index in [0.717, 1.165) is 31.2 Å². The van der Waals surface area contributed by atoms with Gasteiger partial charge in [-0.1, -0.05) is 43.2 Å². The van der Waals surface area contributed by atoms with Crippen LogP contribution in [0.15, 0.2) is 42.7 Å². The lowest BCUT2D eigenvalue weighted by atomic mass is 9.98. The molecule has 3 rings (SSSR count). The SMILES string of the molecule is O=C(NC1(CO)CCCC1)c1cnn(Cc2ccccc2)c1. The zero-order valence-corrected chi connectivity index (χ0v) is 12.5. The number of aliphatic hydroxyl groups is 1. The summed E-state index contributed by atoms with van der Waals surface area (Å²) in [6.45, 7) is 0.635. The Morgan fingerprint density at radius 1 is 1.27 bits per heavy atom. The summed E-state index contributed by atoms with van der Waals surface area (Å²) in [7, 11) is 0. The summed E-state index contributed by atoms with van der Waals surface area (Å²) in [6.07, 6.45) is 7.11. The third-order valence-corrected chi connectivity index (χ3v) is 4.32. The number of hydrogen-bond donors (Lipinski definition) is 2. The van der Waals surface area contributed by atoms with Crippen molar-refractivity contribution in [3.05, 3.63) is 53.9 Å². The van der Waals surface area contributed by atoms with Crippen molar-refractivity contribution in [1.82, 2.24) is 15.1 Å². The van der Waals surface area contributed by atoms with Crippen molar-refractivity contribution in [2.75, 3.05) is 6.61 Å². The van der Waals surface area contributed by atoms with Crippen LogP contribution >= 0.6 is 0 Å². The highest BCUT2D eigenvalue weighted by Crippen LogP contribution is 2.29. The largest absolute Gasteiger partial charge is 0.394 e. The molecule has 116 valence electrons. The molecule has 1 amide bonds. The highest BCUT2D eigenvalue weighted by Gasteiger charge is 2.35. The molecule has 1 saturated carbocycles. The third-order valence-electron chi connectivity index (χ3n) is 4.32. The number of rotatable bonds is 5. The molecule has 0 radical (unpaired) electrons. The van der Waals surface area contributed by atoms with Crippen LogP contribution in [0.5, 0.6) is 0 Å². The summed E-state index contributed by atoms with van der Waals surface area (Å²) in [6, 6.07) is 10.00. The van der Waals surface area contributed by atoms with Gasteiger partial charge in [-0.15, -0.1) is 0 Å². The van der Waals surface area contributed by atoms with Gasteiger partial charge in [0.1, 0.15) is 0 Å². The molecule has 0 atom stereocenters. The van der Waals surface area contributed by atoms with Crippen molar-refractivity contribution < 1.29 is 9.90 Å². The van der Waals surface area contributed by atoms with E-state index in [1.165, 1.54) is 0 Å². The molecule has 5 heteroatoms. The maximum absolute atomic E-state index is 12.4. The number of aliphatic hydroxyl groups excluding tert-OH is 1. The van der Waals surface area contributed by atoms with Crippen LogP contribution < -0.4 is 5.32 Å². The van der Waals surface area contributed by atoms with Crippen LogP contribution in [-0.4, -0.2) is 32.9 Å². The van der Waals surface area contributed by atoms with Crippen LogP contribution in [0.2, 0.25) is 0 Å². The first-order valence-corrected chi connectivity index (χ1v) is 7.71. The van der Waals surface area contributed by atoms with Crippen molar-refractivity contribution in [3.63, 3.8) is 0 Å². The van der Waals surface area contributed by atoms with Crippen molar-refractivity contribution in [3.8, 4) is 0 Å². The van der Waals surface area contributed by atoms with Crippen molar-refractivity contribution >= 4 is 5.91 Å². The van der Waals surface area contributed by atoms with Crippen molar-refractivity contribution in [2.24, 2.45) is 0 Å². The van der Waals surface area contributed by atoms with Crippen molar-refractivity contribution in [1.29, 1.82) is 0 Å². The van der Waals surface area contributed by atoms with Gasteiger partial charge in [0.15, 0.2) is 0 Å². The zero-order valence-electron chi connectivity index (χ0n) is 12.5. The number of amides is 1. The highest BCUT2D eigenvalue weighted by molar-refractivity contribution is 5.94. The number of nitrogens with one attached hydrogen (secondary N) is 1. The molecule has 0 saturated heterocycles. The minimum Gasteiger partial charge on any atom is -0.394 e. The van der Waals surface area contributed by atoms with Crippen LogP contribution in [-0.2, 0) is 6.54 Å². The van der Waals surface area contributed by atoms with Gasteiger partial charge in [0.05, 0.1) is 30.5 Å². The lowest BCUT2D eigenvalue weighted by molar-refractivity contribution is 0.0838. The van der Waals surface area contributed by atoms with Crippen LogP contribution in [0, 0.1) is 0 Å². The first kappa shape index (κ1) is 14.8. The molecule has 0 unspecified atom stereocenters. The minimum absolute atomic E-state index is 0.00308. The molecule has 0 spiro atoms. The molecule has 1 aliphatic rings. The van der Waals surface area contributed by atoms with Crippen LogP contribution in [0.4, 0.5) is 0 Å². The molecule has 1 heterocycles. The monoisotopic (exact) mass is 299 g/mol. The molecule has 1 aromatic heterocycles. The van der Waals surface area contributed by atoms with E-state index in [9.17, 15) is 9.90 Å². The summed E-state index contributed by atoms with van der Waals surface area (Å²) in [5, 5.41) is 16.8. The van der Waals surface area contributed by atoms with Gasteiger partial charge in [0, 0.05) is 6.20 Å². The van der Waals surface area contributed by atoms with E-state index in [-0.39, 0.29) is 12.5 Å². The smallest absolute Gasteiger partial charge is 0.254 e. The molecular formula is C17H21N3O2. The fourth-order valence-electron chi connectivity index (χ4n) is 3.03. The van der Waals surface area contributed by atoms with E-state index in [0.29, 0.717) is 12.1 Å². The molecule has 1 aromatic carbocycles. The molecule has 1 fully saturated rings. The van der Waals surface area contributed by atoms with Gasteiger partial charge in [-0.3, -0.25) is 9.48 Å². The molecule has 5 nitrogen and oxygen atoms in total. The van der Waals surface area contributed by atoms with Gasteiger partial charge in [-0.25, -0.2) is 0 Å². The lowest BCUT2D eigenvalue weighted by Crippen LogP contribution is -2.49. The summed E-state index contributed by atoms with van der Waals surface area (Å²) in [4.78, 5) is 12.4. The van der Waals surface area contributed by atoms with Gasteiger partial charge >= 0.3 is 0 Å². The Balaban J connectivity index is 1.66. The normalized spacial score (nSPS) is 16.6. The fraction of sp³-hybridized carbons (Fsp3) is 0.412. The van der Waals surface area contributed by atoms with Gasteiger partial charge < -0.3 is 10.4 Å². The minimum atomic E-state index is -0.446. The van der Waals surface area contributed by atoms with Crippen molar-refractivity contribution in [2.45, 2.75) is 37.8 Å². The second-order valence-corrected chi connectivity index (χ2v) is 6.01. The van der Waals surface area contributed by atoms with E-state index >= 15 is 0 Å². The Kier molecular flexibility index (Phi) is 4.24. The predicted molar refractivity (Wildman–Crippen MR) is 83.5 cm³/mol. The molecule has 0 aliphatic heterocycles. The van der Waals surface area contributed by atoms with Gasteiger partial charge in [0.2, 0.25) is 0 Å². The highest BCUT2D eigenvalue weighted by atomic mass is 16.3. The summed E-state index contributed by atoms with van der Waals surface area (Å²) in [5.74, 6) is -0.157. The second-order valence-electron chi connectivity index (χ2n) is 6.01. The average molecular weight is 299 g/mol. The standard InChI is InChI=1S/C17H21N3O2/c21-13-17(8-4-5-9-17)19-16(22)15-10-18-20(12-15)11-14-6-2-1-3-7-14/h1-3,6-7,10,12,21H,4-5,8-9,11,13H2,(H,19,22). The third kappa shape index (κ3) is 3.20. The van der Waals surface area contributed by atoms with E-state index in [2.05, 4.69) is 10.4 Å². The average Bonchev–Trinajstić information content (AvgIpc) is 3.18. The summed E-state index contributed by atoms with van der Waals surface area (Å²) < 4.78 is 1.75. The predicted octanol–water partition coefficient (Wildman–Crippen LogP) is 1.97. The Labute approximate surface area is 130 Å². The molecule has 22 heavy (non-hydrogen) atoms. The van der Waals surface area contributed by atoms with E-state index in [1.807, 2.05) is 30.3 Å². The lowest BCUT2D eigenvalue weighted by Gasteiger charge is -2.27. The number of nitrogens with zero attached hydrogens (tertiary/aromatic N) is 2. The number of hydrogen-bond acceptors (Lipinski definition) is 3. The fourth-order valence-corrected chi connectivity index (χ4v) is 3.03. The van der Waals surface area contributed by atoms with Gasteiger partial charge in [-0.2, -0.15) is 5.10 Å². The Bertz CT molecular complexity index is 630. The Hall–Kier alpha value is -2.14. The number of aromatic nitrogens is 2.